The van der Waals surface area contributed by atoms with Gasteiger partial charge in [-0.1, -0.05) is 12.8 Å². The number of methoxy groups -OCH3 is 1. The molecule has 0 aromatic carbocycles. The molecule has 2 atom stereocenters. The summed E-state index contributed by atoms with van der Waals surface area (Å²) in [5, 5.41) is 3.72. The molecule has 1 aliphatic heterocycles. The predicted octanol–water partition coefficient (Wildman–Crippen LogP) is 1.79. The maximum absolute atomic E-state index is 11.9. The molecule has 0 aromatic rings. The average Bonchev–Trinajstić information content (AvgIpc) is 2.33. The quantitative estimate of drug-likeness (QED) is 0.780. The van der Waals surface area contributed by atoms with Gasteiger partial charge in [0.05, 0.1) is 13.0 Å². The molecule has 1 N–H and O–H groups in total. The SMILES string of the molecule is COC(=O)C1CC(NCC2CCC2)CN(C2CCC2)C1. The molecule has 0 bridgehead atoms. The molecule has 0 amide bonds. The Labute approximate surface area is 122 Å². The van der Waals surface area contributed by atoms with Crippen LogP contribution in [-0.2, 0) is 9.53 Å². The summed E-state index contributed by atoms with van der Waals surface area (Å²) in [4.78, 5) is 14.5. The maximum atomic E-state index is 11.9. The third-order valence-corrected chi connectivity index (χ3v) is 5.52. The number of hydrogen-bond donors (Lipinski definition) is 1. The highest BCUT2D eigenvalue weighted by Gasteiger charge is 2.37. The van der Waals surface area contributed by atoms with Crippen LogP contribution in [0.4, 0.5) is 0 Å². The van der Waals surface area contributed by atoms with Gasteiger partial charge in [-0.05, 0) is 44.6 Å². The molecule has 1 heterocycles. The van der Waals surface area contributed by atoms with Crippen LogP contribution in [0.3, 0.4) is 0 Å². The van der Waals surface area contributed by atoms with Crippen molar-refractivity contribution in [2.24, 2.45) is 11.8 Å². The van der Waals surface area contributed by atoms with Crippen LogP contribution in [0.25, 0.3) is 0 Å². The van der Waals surface area contributed by atoms with Gasteiger partial charge in [-0.15, -0.1) is 0 Å². The van der Waals surface area contributed by atoms with Gasteiger partial charge in [0.15, 0.2) is 0 Å². The van der Waals surface area contributed by atoms with E-state index in [9.17, 15) is 4.79 Å². The second-order valence-electron chi connectivity index (χ2n) is 6.90. The molecule has 3 fully saturated rings. The lowest BCUT2D eigenvalue weighted by molar-refractivity contribution is -0.148. The standard InChI is InChI=1S/C16H28N2O2/c1-20-16(19)13-8-14(17-9-12-4-2-5-12)11-18(10-13)15-6-3-7-15/h12-15,17H,2-11H2,1H3. The molecule has 1 saturated heterocycles. The van der Waals surface area contributed by atoms with E-state index in [1.165, 1.54) is 45.6 Å². The third-order valence-electron chi connectivity index (χ3n) is 5.52. The Bertz CT molecular complexity index is 339. The van der Waals surface area contributed by atoms with Crippen molar-refractivity contribution in [2.75, 3.05) is 26.7 Å². The Hall–Kier alpha value is -0.610. The van der Waals surface area contributed by atoms with Crippen LogP contribution in [0.15, 0.2) is 0 Å². The number of piperidine rings is 1. The Morgan fingerprint density at radius 2 is 1.95 bits per heavy atom. The van der Waals surface area contributed by atoms with Gasteiger partial charge >= 0.3 is 5.97 Å². The van der Waals surface area contributed by atoms with Gasteiger partial charge in [0.25, 0.3) is 0 Å². The van der Waals surface area contributed by atoms with Crippen molar-refractivity contribution in [1.29, 1.82) is 0 Å². The van der Waals surface area contributed by atoms with Gasteiger partial charge < -0.3 is 10.1 Å². The number of nitrogens with zero attached hydrogens (tertiary/aromatic N) is 1. The van der Waals surface area contributed by atoms with E-state index in [1.807, 2.05) is 0 Å². The van der Waals surface area contributed by atoms with Crippen LogP contribution in [0.1, 0.15) is 44.9 Å². The Morgan fingerprint density at radius 1 is 1.20 bits per heavy atom. The van der Waals surface area contributed by atoms with Crippen LogP contribution in [-0.4, -0.2) is 49.7 Å². The van der Waals surface area contributed by atoms with E-state index >= 15 is 0 Å². The summed E-state index contributed by atoms with van der Waals surface area (Å²) in [6.07, 6.45) is 9.08. The normalized spacial score (nSPS) is 32.5. The van der Waals surface area contributed by atoms with Crippen molar-refractivity contribution >= 4 is 5.97 Å². The van der Waals surface area contributed by atoms with E-state index < -0.39 is 0 Å². The van der Waals surface area contributed by atoms with Crippen LogP contribution >= 0.6 is 0 Å². The van der Waals surface area contributed by atoms with Crippen molar-refractivity contribution in [3.8, 4) is 0 Å². The number of hydrogen-bond acceptors (Lipinski definition) is 4. The van der Waals surface area contributed by atoms with E-state index in [2.05, 4.69) is 10.2 Å². The highest BCUT2D eigenvalue weighted by atomic mass is 16.5. The van der Waals surface area contributed by atoms with Crippen molar-refractivity contribution in [1.82, 2.24) is 10.2 Å². The first-order valence-electron chi connectivity index (χ1n) is 8.31. The molecular weight excluding hydrogens is 252 g/mol. The largest absolute Gasteiger partial charge is 0.469 e. The van der Waals surface area contributed by atoms with E-state index in [0.717, 1.165) is 38.0 Å². The molecule has 114 valence electrons. The molecule has 0 aromatic heterocycles. The van der Waals surface area contributed by atoms with E-state index in [1.54, 1.807) is 0 Å². The lowest BCUT2D eigenvalue weighted by Crippen LogP contribution is -2.56. The summed E-state index contributed by atoms with van der Waals surface area (Å²) in [7, 11) is 1.52. The number of carbonyl (C=O) groups excluding carboxylic acids is 1. The third kappa shape index (κ3) is 3.17. The molecular formula is C16H28N2O2. The van der Waals surface area contributed by atoms with Gasteiger partial charge in [0.2, 0.25) is 0 Å². The second kappa shape index (κ2) is 6.44. The Kier molecular flexibility index (Phi) is 4.61. The lowest BCUT2D eigenvalue weighted by atomic mass is 9.84. The zero-order valence-corrected chi connectivity index (χ0v) is 12.6. The Balaban J connectivity index is 1.54. The van der Waals surface area contributed by atoms with Crippen LogP contribution in [0.5, 0.6) is 0 Å². The number of rotatable bonds is 5. The smallest absolute Gasteiger partial charge is 0.310 e. The van der Waals surface area contributed by atoms with Crippen molar-refractivity contribution in [3.05, 3.63) is 0 Å². The van der Waals surface area contributed by atoms with Crippen LogP contribution in [0.2, 0.25) is 0 Å². The van der Waals surface area contributed by atoms with Crippen LogP contribution < -0.4 is 5.32 Å². The second-order valence-corrected chi connectivity index (χ2v) is 6.90. The van der Waals surface area contributed by atoms with Gasteiger partial charge in [0, 0.05) is 25.2 Å². The minimum Gasteiger partial charge on any atom is -0.469 e. The number of carbonyl (C=O) groups is 1. The minimum atomic E-state index is -0.0236. The minimum absolute atomic E-state index is 0.0236. The summed E-state index contributed by atoms with van der Waals surface area (Å²) in [6.45, 7) is 3.15. The van der Waals surface area contributed by atoms with Gasteiger partial charge in [-0.2, -0.15) is 0 Å². The van der Waals surface area contributed by atoms with E-state index in [0.29, 0.717) is 6.04 Å². The monoisotopic (exact) mass is 280 g/mol. The number of ether oxygens (including phenoxy) is 1. The zero-order chi connectivity index (χ0) is 13.9. The molecule has 0 radical (unpaired) electrons. The topological polar surface area (TPSA) is 41.6 Å². The molecule has 0 spiro atoms. The molecule has 3 aliphatic rings. The predicted molar refractivity (Wildman–Crippen MR) is 78.5 cm³/mol. The summed E-state index contributed by atoms with van der Waals surface area (Å²) < 4.78 is 4.98. The first-order chi connectivity index (χ1) is 9.76. The molecule has 4 nitrogen and oxygen atoms in total. The fraction of sp³-hybridized carbons (Fsp3) is 0.938. The summed E-state index contributed by atoms with van der Waals surface area (Å²) >= 11 is 0. The van der Waals surface area contributed by atoms with Crippen molar-refractivity contribution in [2.45, 2.75) is 57.0 Å². The highest BCUT2D eigenvalue weighted by Crippen LogP contribution is 2.30. The lowest BCUT2D eigenvalue weighted by Gasteiger charge is -2.45. The first-order valence-corrected chi connectivity index (χ1v) is 8.31. The molecule has 20 heavy (non-hydrogen) atoms. The van der Waals surface area contributed by atoms with Crippen molar-refractivity contribution in [3.63, 3.8) is 0 Å². The van der Waals surface area contributed by atoms with E-state index in [-0.39, 0.29) is 11.9 Å². The van der Waals surface area contributed by atoms with Crippen LogP contribution in [0, 0.1) is 11.8 Å². The zero-order valence-electron chi connectivity index (χ0n) is 12.6. The van der Waals surface area contributed by atoms with Gasteiger partial charge in [0.1, 0.15) is 0 Å². The number of likely N-dealkylation sites (tertiary alicyclic amines) is 1. The first kappa shape index (κ1) is 14.3. The van der Waals surface area contributed by atoms with E-state index in [4.69, 9.17) is 4.74 Å². The summed E-state index contributed by atoms with van der Waals surface area (Å²) in [6, 6.07) is 1.18. The summed E-state index contributed by atoms with van der Waals surface area (Å²) in [5.74, 6) is 0.920. The average molecular weight is 280 g/mol. The molecule has 4 heteroatoms. The van der Waals surface area contributed by atoms with Gasteiger partial charge in [-0.25, -0.2) is 0 Å². The molecule has 2 aliphatic carbocycles. The molecule has 2 unspecified atom stereocenters. The number of esters is 1. The molecule has 3 rings (SSSR count). The fourth-order valence-electron chi connectivity index (χ4n) is 3.70. The Morgan fingerprint density at radius 3 is 2.50 bits per heavy atom. The molecule has 2 saturated carbocycles. The fourth-order valence-corrected chi connectivity index (χ4v) is 3.70. The van der Waals surface area contributed by atoms with Crippen molar-refractivity contribution < 1.29 is 9.53 Å². The highest BCUT2D eigenvalue weighted by molar-refractivity contribution is 5.72. The van der Waals surface area contributed by atoms with Gasteiger partial charge in [-0.3, -0.25) is 9.69 Å². The maximum Gasteiger partial charge on any atom is 0.310 e. The summed E-state index contributed by atoms with van der Waals surface area (Å²) in [5.41, 5.74) is 0. The number of nitrogens with one attached hydrogen (secondary N) is 1.